The molecular weight excluding hydrogens is 732 g/mol. The number of methoxy groups -OCH3 is 2. The van der Waals surface area contributed by atoms with E-state index in [1.807, 2.05) is 64.1 Å². The van der Waals surface area contributed by atoms with Crippen LogP contribution in [0.4, 0.5) is 14.0 Å². The Kier molecular flexibility index (Phi) is 11.2. The summed E-state index contributed by atoms with van der Waals surface area (Å²) in [7, 11) is 2.54. The highest BCUT2D eigenvalue weighted by Crippen LogP contribution is 2.36. The van der Waals surface area contributed by atoms with E-state index in [0.29, 0.717) is 53.3 Å². The predicted molar refractivity (Wildman–Crippen MR) is 212 cm³/mol. The van der Waals surface area contributed by atoms with Gasteiger partial charge in [0, 0.05) is 30.3 Å². The van der Waals surface area contributed by atoms with Crippen LogP contribution in [-0.2, 0) is 19.1 Å². The Morgan fingerprint density at radius 1 is 0.754 bits per heavy atom. The van der Waals surface area contributed by atoms with Crippen molar-refractivity contribution in [2.24, 2.45) is 11.8 Å². The second-order valence-corrected chi connectivity index (χ2v) is 15.5. The quantitative estimate of drug-likeness (QED) is 0.117. The first-order chi connectivity index (χ1) is 27.4. The van der Waals surface area contributed by atoms with Crippen molar-refractivity contribution in [1.29, 1.82) is 0 Å². The van der Waals surface area contributed by atoms with Crippen LogP contribution in [0.15, 0.2) is 54.7 Å². The monoisotopic (exact) mass is 780 g/mol. The largest absolute Gasteiger partial charge is 0.453 e. The Balaban J connectivity index is 1.09. The number of nitrogens with one attached hydrogen (secondary N) is 4. The summed E-state index contributed by atoms with van der Waals surface area (Å²) in [5, 5.41) is 7.22. The van der Waals surface area contributed by atoms with Crippen LogP contribution < -0.4 is 10.6 Å². The molecule has 0 bridgehead atoms. The average molecular weight is 781 g/mol. The third-order valence-corrected chi connectivity index (χ3v) is 11.1. The Morgan fingerprint density at radius 3 is 1.86 bits per heavy atom. The van der Waals surface area contributed by atoms with Gasteiger partial charge in [-0.3, -0.25) is 9.59 Å². The number of imidazole rings is 2. The number of likely N-dealkylation sites (tertiary alicyclic amines) is 2. The number of halogens is 1. The van der Waals surface area contributed by atoms with Crippen LogP contribution in [0.25, 0.3) is 44.2 Å². The number of H-pyrrole nitrogens is 2. The molecule has 2 fully saturated rings. The molecule has 5 aromatic rings. The Labute approximate surface area is 329 Å². The van der Waals surface area contributed by atoms with Crippen LogP contribution >= 0.6 is 0 Å². The first-order valence-electron chi connectivity index (χ1n) is 19.4. The number of fused-ring (bicyclic) bond motifs is 2. The Hall–Kier alpha value is -5.99. The van der Waals surface area contributed by atoms with Crippen molar-refractivity contribution in [2.45, 2.75) is 77.5 Å². The number of amides is 4. The lowest BCUT2D eigenvalue weighted by Crippen LogP contribution is -2.51. The normalized spacial score (nSPS) is 18.1. The van der Waals surface area contributed by atoms with Gasteiger partial charge in [-0.25, -0.2) is 23.9 Å². The SMILES string of the molecule is COC(=O)N[C@H](C(=O)N1CCC[C@H]1c1ncc(-c2ccc3cc(-c4cc5nc([C@@H]6CCCN6C(=O)[C@@H](NC(=O)OC)C(C)C)[nH]c5cc4F)ccc3c2)[nH]1)C(C)C. The molecule has 2 aliphatic rings. The highest BCUT2D eigenvalue weighted by molar-refractivity contribution is 5.92. The first kappa shape index (κ1) is 39.3. The lowest BCUT2D eigenvalue weighted by atomic mass is 9.98. The second-order valence-electron chi connectivity index (χ2n) is 15.5. The molecule has 0 saturated carbocycles. The minimum Gasteiger partial charge on any atom is -0.453 e. The number of hydrogen-bond donors (Lipinski definition) is 4. The number of aromatic amines is 2. The maximum atomic E-state index is 15.8. The summed E-state index contributed by atoms with van der Waals surface area (Å²) < 4.78 is 25.3. The van der Waals surface area contributed by atoms with E-state index in [1.54, 1.807) is 22.1 Å². The topological polar surface area (TPSA) is 175 Å². The molecule has 0 aliphatic carbocycles. The van der Waals surface area contributed by atoms with Gasteiger partial charge in [-0.05, 0) is 72.1 Å². The third kappa shape index (κ3) is 7.87. The second kappa shape index (κ2) is 16.2. The third-order valence-electron chi connectivity index (χ3n) is 11.1. The molecule has 3 aromatic carbocycles. The summed E-state index contributed by atoms with van der Waals surface area (Å²) in [5.74, 6) is 0.183. The van der Waals surface area contributed by atoms with Crippen LogP contribution in [0.5, 0.6) is 0 Å². The van der Waals surface area contributed by atoms with E-state index < -0.39 is 30.1 Å². The van der Waals surface area contributed by atoms with Gasteiger partial charge in [-0.15, -0.1) is 0 Å². The molecule has 15 heteroatoms. The van der Waals surface area contributed by atoms with Gasteiger partial charge in [0.2, 0.25) is 11.8 Å². The fraction of sp³-hybridized carbons (Fsp3) is 0.429. The maximum Gasteiger partial charge on any atom is 0.407 e. The Bertz CT molecular complexity index is 2320. The van der Waals surface area contributed by atoms with E-state index in [1.165, 1.54) is 20.3 Å². The molecule has 4 atom stereocenters. The van der Waals surface area contributed by atoms with E-state index in [2.05, 4.69) is 25.6 Å². The average Bonchev–Trinajstić information content (AvgIpc) is 4.03. The first-order valence-corrected chi connectivity index (χ1v) is 19.4. The summed E-state index contributed by atoms with van der Waals surface area (Å²) in [6.07, 6.45) is 3.48. The fourth-order valence-corrected chi connectivity index (χ4v) is 8.05. The van der Waals surface area contributed by atoms with Crippen molar-refractivity contribution >= 4 is 45.8 Å². The fourth-order valence-electron chi connectivity index (χ4n) is 8.05. The number of carbonyl (C=O) groups excluding carboxylic acids is 4. The van der Waals surface area contributed by atoms with Crippen LogP contribution in [0, 0.1) is 17.7 Å². The number of hydrogen-bond acceptors (Lipinski definition) is 8. The lowest BCUT2D eigenvalue weighted by molar-refractivity contribution is -0.136. The summed E-state index contributed by atoms with van der Waals surface area (Å²) in [5.41, 5.74) is 3.93. The smallest absolute Gasteiger partial charge is 0.407 e. The van der Waals surface area contributed by atoms with Gasteiger partial charge < -0.3 is 39.9 Å². The molecular formula is C42H49FN8O6. The van der Waals surface area contributed by atoms with Gasteiger partial charge in [0.05, 0.1) is 49.2 Å². The zero-order valence-electron chi connectivity index (χ0n) is 33.0. The van der Waals surface area contributed by atoms with Crippen molar-refractivity contribution in [3.8, 4) is 22.4 Å². The van der Waals surface area contributed by atoms with Gasteiger partial charge >= 0.3 is 12.2 Å². The van der Waals surface area contributed by atoms with E-state index >= 15 is 4.39 Å². The number of carbonyl (C=O) groups is 4. The number of ether oxygens (including phenoxy) is 2. The molecule has 7 rings (SSSR count). The number of nitrogens with zero attached hydrogens (tertiary/aromatic N) is 4. The molecule has 57 heavy (non-hydrogen) atoms. The van der Waals surface area contributed by atoms with Crippen LogP contribution in [0.1, 0.15) is 77.1 Å². The summed E-state index contributed by atoms with van der Waals surface area (Å²) in [6.45, 7) is 8.58. The van der Waals surface area contributed by atoms with Crippen molar-refractivity contribution in [1.82, 2.24) is 40.4 Å². The molecule has 2 saturated heterocycles. The van der Waals surface area contributed by atoms with Crippen LogP contribution in [0.3, 0.4) is 0 Å². The number of aromatic nitrogens is 4. The summed E-state index contributed by atoms with van der Waals surface area (Å²) >= 11 is 0. The van der Waals surface area contributed by atoms with Crippen molar-refractivity contribution < 1.29 is 33.0 Å². The molecule has 0 spiro atoms. The molecule has 2 aromatic heterocycles. The predicted octanol–water partition coefficient (Wildman–Crippen LogP) is 7.00. The molecule has 300 valence electrons. The molecule has 2 aliphatic heterocycles. The van der Waals surface area contributed by atoms with Gasteiger partial charge in [0.1, 0.15) is 29.5 Å². The molecule has 4 amide bonds. The zero-order chi connectivity index (χ0) is 40.5. The van der Waals surface area contributed by atoms with E-state index in [4.69, 9.17) is 14.5 Å². The standard InChI is InChI=1S/C42H49FN8O6/c1-22(2)35(48-41(54)56-5)39(52)50-15-7-9-33(50)37-44-21-32(47-37)27-14-12-24-17-26(13-11-25(24)18-27)28-19-30-31(20-29(28)43)46-38(45-30)34-10-8-16-51(34)40(53)36(23(3)4)49-42(55)57-6/h11-14,17-23,33-36H,7-10,15-16H2,1-6H3,(H,44,47)(H,45,46)(H,48,54)(H,49,55)/t33-,34-,35-,36-/m0/s1. The highest BCUT2D eigenvalue weighted by Gasteiger charge is 2.39. The number of benzene rings is 3. The highest BCUT2D eigenvalue weighted by atomic mass is 19.1. The summed E-state index contributed by atoms with van der Waals surface area (Å²) in [6, 6.07) is 12.9. The minimum atomic E-state index is -0.755. The molecule has 0 unspecified atom stereocenters. The van der Waals surface area contributed by atoms with Crippen molar-refractivity contribution in [3.63, 3.8) is 0 Å². The van der Waals surface area contributed by atoms with E-state index in [-0.39, 0.29) is 35.7 Å². The van der Waals surface area contributed by atoms with Crippen molar-refractivity contribution in [2.75, 3.05) is 27.3 Å². The number of alkyl carbamates (subject to hydrolysis) is 2. The summed E-state index contributed by atoms with van der Waals surface area (Å²) in [4.78, 5) is 70.9. The van der Waals surface area contributed by atoms with Crippen molar-refractivity contribution in [3.05, 3.63) is 72.2 Å². The van der Waals surface area contributed by atoms with E-state index in [0.717, 1.165) is 41.3 Å². The van der Waals surface area contributed by atoms with Gasteiger partial charge in [-0.1, -0.05) is 52.0 Å². The van der Waals surface area contributed by atoms with Gasteiger partial charge in [0.25, 0.3) is 0 Å². The maximum absolute atomic E-state index is 15.8. The van der Waals surface area contributed by atoms with Gasteiger partial charge in [-0.2, -0.15) is 0 Å². The molecule has 4 N–H and O–H groups in total. The van der Waals surface area contributed by atoms with Gasteiger partial charge in [0.15, 0.2) is 0 Å². The Morgan fingerprint density at radius 2 is 1.30 bits per heavy atom. The van der Waals surface area contributed by atoms with Crippen LogP contribution in [0.2, 0.25) is 0 Å². The number of rotatable bonds is 10. The minimum absolute atomic E-state index is 0.129. The zero-order valence-corrected chi connectivity index (χ0v) is 33.0. The lowest BCUT2D eigenvalue weighted by Gasteiger charge is -2.30. The molecule has 4 heterocycles. The van der Waals surface area contributed by atoms with Crippen LogP contribution in [-0.4, -0.2) is 93.1 Å². The molecule has 0 radical (unpaired) electrons. The van der Waals surface area contributed by atoms with E-state index in [9.17, 15) is 19.2 Å². The molecule has 14 nitrogen and oxygen atoms in total.